The van der Waals surface area contributed by atoms with Gasteiger partial charge in [-0.1, -0.05) is 6.07 Å². The molecule has 0 radical (unpaired) electrons. The van der Waals surface area contributed by atoms with Crippen LogP contribution in [0.2, 0.25) is 0 Å². The highest BCUT2D eigenvalue weighted by atomic mass is 16.5. The Balaban J connectivity index is 1.83. The Kier molecular flexibility index (Phi) is 3.36. The average molecular weight is 267 g/mol. The first-order chi connectivity index (χ1) is 9.83. The van der Waals surface area contributed by atoms with Gasteiger partial charge in [-0.15, -0.1) is 0 Å². The van der Waals surface area contributed by atoms with Crippen LogP contribution in [-0.2, 0) is 13.7 Å². The van der Waals surface area contributed by atoms with Crippen LogP contribution in [0.15, 0.2) is 49.2 Å². The Bertz CT molecular complexity index is 696. The highest BCUT2D eigenvalue weighted by molar-refractivity contribution is 5.62. The molecule has 0 saturated heterocycles. The molecule has 6 heteroatoms. The molecule has 0 fully saturated rings. The summed E-state index contributed by atoms with van der Waals surface area (Å²) in [7, 11) is 1.86. The minimum absolute atomic E-state index is 0.354. The zero-order valence-electron chi connectivity index (χ0n) is 11.0. The molecular weight excluding hydrogens is 254 g/mol. The summed E-state index contributed by atoms with van der Waals surface area (Å²) in [6.45, 7) is 0.354. The van der Waals surface area contributed by atoms with Crippen molar-refractivity contribution in [2.24, 2.45) is 7.05 Å². The SMILES string of the molecule is Cn1cc(-c2nccnc2OCc2ccccn2)cn1. The van der Waals surface area contributed by atoms with Gasteiger partial charge in [-0.25, -0.2) is 9.97 Å². The van der Waals surface area contributed by atoms with Crippen LogP contribution in [0.4, 0.5) is 0 Å². The Morgan fingerprint density at radius 3 is 2.75 bits per heavy atom. The van der Waals surface area contributed by atoms with Crippen molar-refractivity contribution in [2.45, 2.75) is 6.61 Å². The summed E-state index contributed by atoms with van der Waals surface area (Å²) in [6.07, 6.45) is 8.58. The first kappa shape index (κ1) is 12.3. The summed E-state index contributed by atoms with van der Waals surface area (Å²) in [5.74, 6) is 0.478. The summed E-state index contributed by atoms with van der Waals surface area (Å²) in [5.41, 5.74) is 2.39. The van der Waals surface area contributed by atoms with Crippen LogP contribution >= 0.6 is 0 Å². The van der Waals surface area contributed by atoms with E-state index in [1.807, 2.05) is 31.4 Å². The summed E-state index contributed by atoms with van der Waals surface area (Å²) >= 11 is 0. The Morgan fingerprint density at radius 1 is 1.10 bits per heavy atom. The molecule has 3 rings (SSSR count). The monoisotopic (exact) mass is 267 g/mol. The zero-order valence-corrected chi connectivity index (χ0v) is 11.0. The van der Waals surface area contributed by atoms with Crippen LogP contribution in [0.25, 0.3) is 11.3 Å². The van der Waals surface area contributed by atoms with E-state index in [4.69, 9.17) is 4.74 Å². The van der Waals surface area contributed by atoms with Gasteiger partial charge in [0.25, 0.3) is 0 Å². The van der Waals surface area contributed by atoms with E-state index in [0.717, 1.165) is 11.3 Å². The molecule has 3 aromatic heterocycles. The number of rotatable bonds is 4. The maximum absolute atomic E-state index is 5.71. The van der Waals surface area contributed by atoms with Crippen molar-refractivity contribution in [3.63, 3.8) is 0 Å². The number of aromatic nitrogens is 5. The van der Waals surface area contributed by atoms with E-state index in [0.29, 0.717) is 18.2 Å². The fraction of sp³-hybridized carbons (Fsp3) is 0.143. The lowest BCUT2D eigenvalue weighted by Gasteiger charge is -2.07. The van der Waals surface area contributed by atoms with Crippen molar-refractivity contribution >= 4 is 0 Å². The van der Waals surface area contributed by atoms with Crippen LogP contribution in [0.3, 0.4) is 0 Å². The Hall–Kier alpha value is -2.76. The van der Waals surface area contributed by atoms with Gasteiger partial charge in [0.15, 0.2) is 0 Å². The third-order valence-electron chi connectivity index (χ3n) is 2.73. The van der Waals surface area contributed by atoms with Crippen molar-refractivity contribution in [1.82, 2.24) is 24.7 Å². The second-order valence-corrected chi connectivity index (χ2v) is 4.22. The number of nitrogens with zero attached hydrogens (tertiary/aromatic N) is 5. The molecule has 0 spiro atoms. The lowest BCUT2D eigenvalue weighted by Crippen LogP contribution is -2.01. The molecule has 100 valence electrons. The van der Waals surface area contributed by atoms with Crippen LogP contribution in [0.5, 0.6) is 5.88 Å². The predicted octanol–water partition coefficient (Wildman–Crippen LogP) is 1.85. The number of pyridine rings is 1. The molecule has 6 nitrogen and oxygen atoms in total. The fourth-order valence-corrected chi connectivity index (χ4v) is 1.80. The van der Waals surface area contributed by atoms with Gasteiger partial charge in [-0.05, 0) is 12.1 Å². The van der Waals surface area contributed by atoms with Crippen molar-refractivity contribution in [1.29, 1.82) is 0 Å². The van der Waals surface area contributed by atoms with Gasteiger partial charge in [0.2, 0.25) is 5.88 Å². The van der Waals surface area contributed by atoms with Crippen LogP contribution in [0.1, 0.15) is 5.69 Å². The topological polar surface area (TPSA) is 65.7 Å². The van der Waals surface area contributed by atoms with E-state index >= 15 is 0 Å². The zero-order chi connectivity index (χ0) is 13.8. The average Bonchev–Trinajstić information content (AvgIpc) is 2.93. The molecule has 0 bridgehead atoms. The van der Waals surface area contributed by atoms with Crippen LogP contribution < -0.4 is 4.74 Å². The molecule has 0 atom stereocenters. The van der Waals surface area contributed by atoms with E-state index in [2.05, 4.69) is 20.1 Å². The summed E-state index contributed by atoms with van der Waals surface area (Å²) in [4.78, 5) is 12.8. The van der Waals surface area contributed by atoms with E-state index in [-0.39, 0.29) is 0 Å². The second kappa shape index (κ2) is 5.48. The molecule has 0 aliphatic heterocycles. The maximum atomic E-state index is 5.71. The van der Waals surface area contributed by atoms with Gasteiger partial charge < -0.3 is 4.74 Å². The van der Waals surface area contributed by atoms with Crippen LogP contribution in [0, 0.1) is 0 Å². The lowest BCUT2D eigenvalue weighted by atomic mass is 10.2. The minimum Gasteiger partial charge on any atom is -0.470 e. The number of hydrogen-bond donors (Lipinski definition) is 0. The molecule has 3 aromatic rings. The maximum Gasteiger partial charge on any atom is 0.241 e. The van der Waals surface area contributed by atoms with E-state index < -0.39 is 0 Å². The fourth-order valence-electron chi connectivity index (χ4n) is 1.80. The summed E-state index contributed by atoms with van der Waals surface area (Å²) in [6, 6.07) is 5.69. The molecule has 0 amide bonds. The quantitative estimate of drug-likeness (QED) is 0.721. The standard InChI is InChI=1S/C14H13N5O/c1-19-9-11(8-18-19)13-14(17-7-6-16-13)20-10-12-4-2-3-5-15-12/h2-9H,10H2,1H3. The highest BCUT2D eigenvalue weighted by Gasteiger charge is 2.11. The molecule has 0 aliphatic rings. The molecule has 0 aliphatic carbocycles. The molecular formula is C14H13N5O. The second-order valence-electron chi connectivity index (χ2n) is 4.22. The molecule has 0 unspecified atom stereocenters. The number of hydrogen-bond acceptors (Lipinski definition) is 5. The van der Waals surface area contributed by atoms with Gasteiger partial charge in [-0.2, -0.15) is 5.10 Å². The van der Waals surface area contributed by atoms with E-state index in [9.17, 15) is 0 Å². The molecule has 0 saturated carbocycles. The summed E-state index contributed by atoms with van der Waals surface area (Å²) < 4.78 is 7.43. The predicted molar refractivity (Wildman–Crippen MR) is 72.8 cm³/mol. The van der Waals surface area contributed by atoms with Gasteiger partial charge in [0.05, 0.1) is 11.9 Å². The molecule has 0 N–H and O–H groups in total. The first-order valence-electron chi connectivity index (χ1n) is 6.15. The van der Waals surface area contributed by atoms with E-state index in [1.54, 1.807) is 29.5 Å². The number of ether oxygens (including phenoxy) is 1. The van der Waals surface area contributed by atoms with Crippen molar-refractivity contribution in [2.75, 3.05) is 0 Å². The minimum atomic E-state index is 0.354. The normalized spacial score (nSPS) is 10.4. The van der Waals surface area contributed by atoms with Crippen molar-refractivity contribution in [3.8, 4) is 17.1 Å². The van der Waals surface area contributed by atoms with Gasteiger partial charge in [0.1, 0.15) is 12.3 Å². The van der Waals surface area contributed by atoms with Gasteiger partial charge in [0, 0.05) is 37.4 Å². The van der Waals surface area contributed by atoms with Crippen molar-refractivity contribution in [3.05, 3.63) is 54.9 Å². The third kappa shape index (κ3) is 2.64. The van der Waals surface area contributed by atoms with Gasteiger partial charge >= 0.3 is 0 Å². The first-order valence-corrected chi connectivity index (χ1v) is 6.15. The van der Waals surface area contributed by atoms with Crippen LogP contribution in [-0.4, -0.2) is 24.7 Å². The Morgan fingerprint density at radius 2 is 2.00 bits per heavy atom. The lowest BCUT2D eigenvalue weighted by molar-refractivity contribution is 0.289. The summed E-state index contributed by atoms with van der Waals surface area (Å²) in [5, 5.41) is 4.13. The smallest absolute Gasteiger partial charge is 0.241 e. The third-order valence-corrected chi connectivity index (χ3v) is 2.73. The number of aryl methyl sites for hydroxylation is 1. The highest BCUT2D eigenvalue weighted by Crippen LogP contribution is 2.24. The molecule has 3 heterocycles. The van der Waals surface area contributed by atoms with E-state index in [1.165, 1.54) is 0 Å². The van der Waals surface area contributed by atoms with Gasteiger partial charge in [-0.3, -0.25) is 9.67 Å². The molecule has 20 heavy (non-hydrogen) atoms. The largest absolute Gasteiger partial charge is 0.470 e. The van der Waals surface area contributed by atoms with Crippen molar-refractivity contribution < 1.29 is 4.74 Å². The Labute approximate surface area is 116 Å². The molecule has 0 aromatic carbocycles.